The third-order valence-electron chi connectivity index (χ3n) is 4.15. The highest BCUT2D eigenvalue weighted by Gasteiger charge is 2.08. The summed E-state index contributed by atoms with van der Waals surface area (Å²) in [7, 11) is 0. The first kappa shape index (κ1) is 31.2. The van der Waals surface area contributed by atoms with E-state index in [1.807, 2.05) is 52.8 Å². The van der Waals surface area contributed by atoms with Gasteiger partial charge in [-0.1, -0.05) is 76.3 Å². The third kappa shape index (κ3) is 14.4. The first-order chi connectivity index (χ1) is 16.2. The maximum atomic E-state index is 5.78. The fourth-order valence-electron chi connectivity index (χ4n) is 2.56. The van der Waals surface area contributed by atoms with Gasteiger partial charge >= 0.3 is 0 Å². The number of fused-ring (bicyclic) bond motifs is 1. The number of halogens is 1. The average Bonchev–Trinajstić information content (AvgIpc) is 3.05. The van der Waals surface area contributed by atoms with E-state index in [-0.39, 0.29) is 0 Å². The number of allylic oxidation sites excluding steroid dienone is 6. The first-order valence-electron chi connectivity index (χ1n) is 11.7. The van der Waals surface area contributed by atoms with E-state index >= 15 is 0 Å². The highest BCUT2D eigenvalue weighted by atomic mass is 35.5. The molecule has 1 N–H and O–H groups in total. The highest BCUT2D eigenvalue weighted by molar-refractivity contribution is 6.30. The zero-order valence-electron chi connectivity index (χ0n) is 22.0. The maximum absolute atomic E-state index is 5.78. The number of imidazole rings is 1. The standard InChI is InChI=1S/C18H20ClN3O.C8H16O.C2H6/c1-4-23-18(11-13(2)10-14(3)19)20-12-17-21-15-8-6-5-7-9-16(15)22-17;1-5-8(4)9-6-7(2)3;1-2/h4,6-10H,1,3,5,11-12H2,2H3,(H,21,22);5,7H,6H2,1-4H3;1-2H3/b13-10+,20-18?;8-5+;. The molecule has 34 heavy (non-hydrogen) atoms. The Morgan fingerprint density at radius 3 is 2.53 bits per heavy atom. The normalized spacial score (nSPS) is 13.1. The van der Waals surface area contributed by atoms with E-state index in [9.17, 15) is 0 Å². The summed E-state index contributed by atoms with van der Waals surface area (Å²) in [5.74, 6) is 2.99. The second-order valence-corrected chi connectivity index (χ2v) is 8.22. The molecule has 0 saturated carbocycles. The van der Waals surface area contributed by atoms with Gasteiger partial charge < -0.3 is 14.5 Å². The summed E-state index contributed by atoms with van der Waals surface area (Å²) < 4.78 is 10.7. The Labute approximate surface area is 211 Å². The van der Waals surface area contributed by atoms with Crippen LogP contribution >= 0.6 is 11.6 Å². The molecule has 0 bridgehead atoms. The Kier molecular flexibility index (Phi) is 17.1. The van der Waals surface area contributed by atoms with Crippen molar-refractivity contribution in [2.75, 3.05) is 6.61 Å². The van der Waals surface area contributed by atoms with Gasteiger partial charge in [0.1, 0.15) is 12.4 Å². The molecular formula is C28H42ClN3O2. The van der Waals surface area contributed by atoms with Crippen molar-refractivity contribution >= 4 is 29.7 Å². The van der Waals surface area contributed by atoms with Gasteiger partial charge in [0.05, 0.1) is 30.0 Å². The van der Waals surface area contributed by atoms with Crippen molar-refractivity contribution in [1.82, 2.24) is 9.97 Å². The first-order valence-corrected chi connectivity index (χ1v) is 12.1. The fourth-order valence-corrected chi connectivity index (χ4v) is 2.74. The highest BCUT2D eigenvalue weighted by Crippen LogP contribution is 2.16. The van der Waals surface area contributed by atoms with Crippen LogP contribution in [0.4, 0.5) is 0 Å². The SMILES string of the molecule is C/C=C(\C)OCC(C)C.C=COC(C/C(C)=C/C(=C)Cl)=NCc1nc2c([nH]1)C=CCC=C2.CC. The number of rotatable bonds is 9. The molecule has 0 aromatic carbocycles. The predicted octanol–water partition coefficient (Wildman–Crippen LogP) is 8.60. The molecule has 0 amide bonds. The van der Waals surface area contributed by atoms with E-state index in [1.54, 1.807) is 6.08 Å². The van der Waals surface area contributed by atoms with Gasteiger partial charge in [0.25, 0.3) is 0 Å². The number of aromatic nitrogens is 2. The molecule has 1 aromatic rings. The number of hydrogen-bond donors (Lipinski definition) is 1. The third-order valence-corrected chi connectivity index (χ3v) is 4.26. The van der Waals surface area contributed by atoms with Crippen molar-refractivity contribution in [2.45, 2.75) is 67.9 Å². The molecule has 6 heteroatoms. The zero-order chi connectivity index (χ0) is 25.9. The summed E-state index contributed by atoms with van der Waals surface area (Å²) >= 11 is 5.78. The maximum Gasteiger partial charge on any atom is 0.193 e. The largest absolute Gasteiger partial charge is 0.498 e. The van der Waals surface area contributed by atoms with Crippen molar-refractivity contribution < 1.29 is 9.47 Å². The van der Waals surface area contributed by atoms with Crippen LogP contribution in [0.3, 0.4) is 0 Å². The van der Waals surface area contributed by atoms with Crippen LogP contribution in [-0.4, -0.2) is 22.5 Å². The van der Waals surface area contributed by atoms with Gasteiger partial charge in [-0.2, -0.15) is 0 Å². The summed E-state index contributed by atoms with van der Waals surface area (Å²) in [6.45, 7) is 22.7. The van der Waals surface area contributed by atoms with Crippen LogP contribution in [0.5, 0.6) is 0 Å². The Balaban J connectivity index is 0.000000836. The number of nitrogens with zero attached hydrogens (tertiary/aromatic N) is 2. The number of nitrogens with one attached hydrogen (secondary N) is 1. The van der Waals surface area contributed by atoms with Gasteiger partial charge in [0.2, 0.25) is 0 Å². The molecule has 1 aromatic heterocycles. The molecule has 1 aliphatic carbocycles. The zero-order valence-corrected chi connectivity index (χ0v) is 22.7. The van der Waals surface area contributed by atoms with E-state index < -0.39 is 0 Å². The number of aromatic amines is 1. The molecule has 2 rings (SSSR count). The van der Waals surface area contributed by atoms with Crippen molar-refractivity contribution in [3.8, 4) is 0 Å². The van der Waals surface area contributed by atoms with E-state index in [0.29, 0.717) is 29.8 Å². The minimum atomic E-state index is 0.410. The van der Waals surface area contributed by atoms with Crippen LogP contribution in [-0.2, 0) is 16.0 Å². The second-order valence-electron chi connectivity index (χ2n) is 7.74. The molecule has 0 fully saturated rings. The minimum Gasteiger partial charge on any atom is -0.498 e. The van der Waals surface area contributed by atoms with Gasteiger partial charge in [-0.05, 0) is 51.3 Å². The van der Waals surface area contributed by atoms with Crippen LogP contribution in [0, 0.1) is 5.92 Å². The topological polar surface area (TPSA) is 59.5 Å². The van der Waals surface area contributed by atoms with Gasteiger partial charge in [-0.25, -0.2) is 9.98 Å². The van der Waals surface area contributed by atoms with Crippen LogP contribution in [0.1, 0.15) is 78.5 Å². The summed E-state index contributed by atoms with van der Waals surface area (Å²) in [5.41, 5.74) is 2.95. The summed E-state index contributed by atoms with van der Waals surface area (Å²) in [5, 5.41) is 0.480. The molecule has 0 atom stereocenters. The van der Waals surface area contributed by atoms with Crippen LogP contribution in [0.15, 0.2) is 65.1 Å². The summed E-state index contributed by atoms with van der Waals surface area (Å²) in [6, 6.07) is 0. The van der Waals surface area contributed by atoms with Crippen molar-refractivity contribution in [2.24, 2.45) is 10.9 Å². The molecule has 0 unspecified atom stereocenters. The lowest BCUT2D eigenvalue weighted by Crippen LogP contribution is -2.03. The van der Waals surface area contributed by atoms with Crippen LogP contribution in [0.25, 0.3) is 12.2 Å². The van der Waals surface area contributed by atoms with Crippen LogP contribution in [0.2, 0.25) is 0 Å². The van der Waals surface area contributed by atoms with Gasteiger partial charge in [-0.3, -0.25) is 0 Å². The van der Waals surface area contributed by atoms with Gasteiger partial charge in [0, 0.05) is 11.5 Å². The second kappa shape index (κ2) is 18.6. The average molecular weight is 488 g/mol. The van der Waals surface area contributed by atoms with E-state index in [0.717, 1.165) is 41.6 Å². The smallest absolute Gasteiger partial charge is 0.193 e. The predicted molar refractivity (Wildman–Crippen MR) is 149 cm³/mol. The number of aliphatic imine (C=N–C) groups is 1. The molecule has 5 nitrogen and oxygen atoms in total. The van der Waals surface area contributed by atoms with Gasteiger partial charge in [0.15, 0.2) is 5.90 Å². The van der Waals surface area contributed by atoms with Crippen molar-refractivity contribution in [1.29, 1.82) is 0 Å². The monoisotopic (exact) mass is 487 g/mol. The van der Waals surface area contributed by atoms with Gasteiger partial charge in [-0.15, -0.1) is 0 Å². The minimum absolute atomic E-state index is 0.410. The van der Waals surface area contributed by atoms with Crippen molar-refractivity contribution in [3.05, 3.63) is 77.3 Å². The molecule has 188 valence electrons. The Hall–Kier alpha value is -2.79. The van der Waals surface area contributed by atoms with Crippen molar-refractivity contribution in [3.63, 3.8) is 0 Å². The molecule has 0 aliphatic heterocycles. The molecule has 0 spiro atoms. The summed E-state index contributed by atoms with van der Waals surface area (Å²) in [6.07, 6.45) is 14.8. The molecular weight excluding hydrogens is 446 g/mol. The van der Waals surface area contributed by atoms with Crippen LogP contribution < -0.4 is 0 Å². The molecule has 0 radical (unpaired) electrons. The van der Waals surface area contributed by atoms with E-state index in [2.05, 4.69) is 54.1 Å². The quantitative estimate of drug-likeness (QED) is 0.164. The Morgan fingerprint density at radius 1 is 1.26 bits per heavy atom. The van der Waals surface area contributed by atoms with E-state index in [4.69, 9.17) is 21.1 Å². The fraction of sp³-hybridized carbons (Fsp3) is 0.429. The summed E-state index contributed by atoms with van der Waals surface area (Å²) in [4.78, 5) is 12.3. The lowest BCUT2D eigenvalue weighted by molar-refractivity contribution is 0.180. The molecule has 1 heterocycles. The number of ether oxygens (including phenoxy) is 2. The molecule has 0 saturated heterocycles. The number of hydrogen-bond acceptors (Lipinski definition) is 4. The molecule has 1 aliphatic rings. The van der Waals surface area contributed by atoms with E-state index in [1.165, 1.54) is 6.26 Å². The lowest BCUT2D eigenvalue weighted by atomic mass is 10.2. The Morgan fingerprint density at radius 2 is 1.94 bits per heavy atom. The number of H-pyrrole nitrogens is 1. The lowest BCUT2D eigenvalue weighted by Gasteiger charge is -2.07. The Bertz CT molecular complexity index is 873.